The zero-order valence-corrected chi connectivity index (χ0v) is 11.2. The number of amides is 1. The van der Waals surface area contributed by atoms with Gasteiger partial charge in [-0.1, -0.05) is 13.0 Å². The van der Waals surface area contributed by atoms with Gasteiger partial charge < -0.3 is 5.32 Å². The van der Waals surface area contributed by atoms with Crippen molar-refractivity contribution < 1.29 is 9.18 Å². The molecule has 1 heterocycles. The third kappa shape index (κ3) is 2.59. The Labute approximate surface area is 112 Å². The van der Waals surface area contributed by atoms with Crippen molar-refractivity contribution >= 4 is 27.7 Å². The summed E-state index contributed by atoms with van der Waals surface area (Å²) in [6, 6.07) is 6.09. The van der Waals surface area contributed by atoms with Gasteiger partial charge in [0.1, 0.15) is 5.82 Å². The molecule has 0 radical (unpaired) electrons. The van der Waals surface area contributed by atoms with Gasteiger partial charge in [0.25, 0.3) is 5.91 Å². The maximum Gasteiger partial charge on any atom is 0.260 e. The number of aryl methyl sites for hydroxylation is 1. The van der Waals surface area contributed by atoms with Gasteiger partial charge in [-0.2, -0.15) is 5.10 Å². The summed E-state index contributed by atoms with van der Waals surface area (Å²) in [4.78, 5) is 11.9. The molecule has 0 saturated heterocycles. The summed E-state index contributed by atoms with van der Waals surface area (Å²) in [5.41, 5.74) is 0.872. The molecule has 0 aliphatic rings. The van der Waals surface area contributed by atoms with Gasteiger partial charge in [-0.15, -0.1) is 0 Å². The fraction of sp³-hybridized carbons (Fsp3) is 0.167. The highest BCUT2D eigenvalue weighted by molar-refractivity contribution is 9.10. The third-order valence-electron chi connectivity index (χ3n) is 2.44. The number of nitrogens with one attached hydrogen (secondary N) is 2. The molecule has 6 heteroatoms. The quantitative estimate of drug-likeness (QED) is 0.915. The first-order valence-corrected chi connectivity index (χ1v) is 6.20. The average molecular weight is 312 g/mol. The number of carbonyl (C=O) groups excluding carboxylic acids is 1. The van der Waals surface area contributed by atoms with Crippen LogP contribution in [0.2, 0.25) is 0 Å². The molecule has 1 aromatic carbocycles. The molecule has 2 rings (SSSR count). The van der Waals surface area contributed by atoms with Crippen molar-refractivity contribution in [3.8, 4) is 0 Å². The molecule has 0 saturated carbocycles. The second-order valence-electron chi connectivity index (χ2n) is 3.68. The number of aromatic amines is 1. The number of carbonyl (C=O) groups is 1. The van der Waals surface area contributed by atoms with Crippen LogP contribution in [0.1, 0.15) is 23.0 Å². The van der Waals surface area contributed by atoms with E-state index in [0.29, 0.717) is 10.3 Å². The summed E-state index contributed by atoms with van der Waals surface area (Å²) in [6.07, 6.45) is 0.784. The minimum atomic E-state index is -0.576. The number of benzene rings is 1. The van der Waals surface area contributed by atoms with E-state index >= 15 is 0 Å². The van der Waals surface area contributed by atoms with Gasteiger partial charge in [-0.25, -0.2) is 4.39 Å². The minimum absolute atomic E-state index is 0.0291. The van der Waals surface area contributed by atoms with Crippen LogP contribution in [0.4, 0.5) is 10.2 Å². The average Bonchev–Trinajstić information content (AvgIpc) is 2.76. The fourth-order valence-corrected chi connectivity index (χ4v) is 2.02. The molecule has 0 fully saturated rings. The summed E-state index contributed by atoms with van der Waals surface area (Å²) in [5, 5.41) is 9.23. The van der Waals surface area contributed by atoms with Crippen LogP contribution in [0.3, 0.4) is 0 Å². The lowest BCUT2D eigenvalue weighted by Gasteiger charge is -2.05. The van der Waals surface area contributed by atoms with Crippen LogP contribution in [0.5, 0.6) is 0 Å². The molecule has 2 N–H and O–H groups in total. The molecule has 0 aliphatic heterocycles. The van der Waals surface area contributed by atoms with E-state index in [1.54, 1.807) is 12.1 Å². The van der Waals surface area contributed by atoms with Gasteiger partial charge in [0, 0.05) is 16.2 Å². The van der Waals surface area contributed by atoms with Gasteiger partial charge >= 0.3 is 0 Å². The molecule has 2 aromatic rings. The van der Waals surface area contributed by atoms with Crippen molar-refractivity contribution in [2.24, 2.45) is 0 Å². The highest BCUT2D eigenvalue weighted by Crippen LogP contribution is 2.20. The third-order valence-corrected chi connectivity index (χ3v) is 3.10. The zero-order chi connectivity index (χ0) is 13.1. The maximum atomic E-state index is 13.6. The van der Waals surface area contributed by atoms with E-state index in [2.05, 4.69) is 31.4 Å². The number of anilines is 1. The van der Waals surface area contributed by atoms with Gasteiger partial charge in [0.05, 0.1) is 5.56 Å². The van der Waals surface area contributed by atoms with E-state index in [1.807, 2.05) is 6.92 Å². The molecule has 18 heavy (non-hydrogen) atoms. The van der Waals surface area contributed by atoms with Crippen molar-refractivity contribution in [1.82, 2.24) is 10.2 Å². The Morgan fingerprint density at radius 3 is 2.94 bits per heavy atom. The molecule has 0 bridgehead atoms. The number of hydrogen-bond donors (Lipinski definition) is 2. The molecule has 0 aliphatic carbocycles. The first kappa shape index (κ1) is 12.8. The SMILES string of the molecule is CCc1cc(NC(=O)c2c(F)cccc2Br)n[nH]1. The first-order valence-electron chi connectivity index (χ1n) is 5.41. The van der Waals surface area contributed by atoms with E-state index in [1.165, 1.54) is 12.1 Å². The summed E-state index contributed by atoms with van der Waals surface area (Å²) in [7, 11) is 0. The molecule has 0 spiro atoms. The van der Waals surface area contributed by atoms with Crippen molar-refractivity contribution in [2.75, 3.05) is 5.32 Å². The van der Waals surface area contributed by atoms with E-state index < -0.39 is 11.7 Å². The number of H-pyrrole nitrogens is 1. The maximum absolute atomic E-state index is 13.6. The lowest BCUT2D eigenvalue weighted by molar-refractivity contribution is 0.102. The molecular formula is C12H11BrFN3O. The van der Waals surface area contributed by atoms with Crippen LogP contribution < -0.4 is 5.32 Å². The number of halogens is 2. The van der Waals surface area contributed by atoms with Crippen molar-refractivity contribution in [2.45, 2.75) is 13.3 Å². The number of hydrogen-bond acceptors (Lipinski definition) is 2. The number of aromatic nitrogens is 2. The lowest BCUT2D eigenvalue weighted by Crippen LogP contribution is -2.14. The van der Waals surface area contributed by atoms with Gasteiger partial charge in [0.2, 0.25) is 0 Å². The monoisotopic (exact) mass is 311 g/mol. The minimum Gasteiger partial charge on any atom is -0.305 e. The largest absolute Gasteiger partial charge is 0.305 e. The molecule has 0 atom stereocenters. The molecule has 1 amide bonds. The zero-order valence-electron chi connectivity index (χ0n) is 9.63. The fourth-order valence-electron chi connectivity index (χ4n) is 1.50. The molecular weight excluding hydrogens is 301 g/mol. The van der Waals surface area contributed by atoms with Crippen molar-refractivity contribution in [3.05, 3.63) is 45.8 Å². The van der Waals surface area contributed by atoms with Crippen LogP contribution in [0.15, 0.2) is 28.7 Å². The van der Waals surface area contributed by atoms with Crippen LogP contribution in [-0.2, 0) is 6.42 Å². The molecule has 0 unspecified atom stereocenters. The highest BCUT2D eigenvalue weighted by Gasteiger charge is 2.16. The van der Waals surface area contributed by atoms with Crippen LogP contribution >= 0.6 is 15.9 Å². The second kappa shape index (κ2) is 5.30. The topological polar surface area (TPSA) is 57.8 Å². The molecule has 4 nitrogen and oxygen atoms in total. The van der Waals surface area contributed by atoms with Crippen molar-refractivity contribution in [1.29, 1.82) is 0 Å². The molecule has 1 aromatic heterocycles. The first-order chi connectivity index (χ1) is 8.61. The van der Waals surface area contributed by atoms with E-state index in [9.17, 15) is 9.18 Å². The van der Waals surface area contributed by atoms with Crippen LogP contribution in [0.25, 0.3) is 0 Å². The Kier molecular flexibility index (Phi) is 3.76. The van der Waals surface area contributed by atoms with Gasteiger partial charge in [0.15, 0.2) is 5.82 Å². The normalized spacial score (nSPS) is 10.4. The highest BCUT2D eigenvalue weighted by atomic mass is 79.9. The predicted molar refractivity (Wildman–Crippen MR) is 70.0 cm³/mol. The van der Waals surface area contributed by atoms with Gasteiger partial charge in [-0.3, -0.25) is 9.89 Å². The number of nitrogens with zero attached hydrogens (tertiary/aromatic N) is 1. The summed E-state index contributed by atoms with van der Waals surface area (Å²) >= 11 is 3.15. The van der Waals surface area contributed by atoms with Crippen LogP contribution in [0, 0.1) is 5.82 Å². The molecule has 94 valence electrons. The Morgan fingerprint density at radius 1 is 1.56 bits per heavy atom. The van der Waals surface area contributed by atoms with Gasteiger partial charge in [-0.05, 0) is 34.5 Å². The summed E-state index contributed by atoms with van der Waals surface area (Å²) in [5.74, 6) is -0.728. The summed E-state index contributed by atoms with van der Waals surface area (Å²) < 4.78 is 14.0. The Morgan fingerprint density at radius 2 is 2.33 bits per heavy atom. The van der Waals surface area contributed by atoms with E-state index in [0.717, 1.165) is 12.1 Å². The second-order valence-corrected chi connectivity index (χ2v) is 4.54. The standard InChI is InChI=1S/C12H11BrFN3O/c1-2-7-6-10(17-16-7)15-12(18)11-8(13)4-3-5-9(11)14/h3-6H,2H2,1H3,(H2,15,16,17,18). The predicted octanol–water partition coefficient (Wildman–Crippen LogP) is 3.13. The summed E-state index contributed by atoms with van der Waals surface area (Å²) in [6.45, 7) is 1.96. The van der Waals surface area contributed by atoms with E-state index in [-0.39, 0.29) is 5.56 Å². The lowest BCUT2D eigenvalue weighted by atomic mass is 10.2. The smallest absolute Gasteiger partial charge is 0.260 e. The number of rotatable bonds is 3. The van der Waals surface area contributed by atoms with Crippen LogP contribution in [-0.4, -0.2) is 16.1 Å². The Bertz CT molecular complexity index is 562. The van der Waals surface area contributed by atoms with E-state index in [4.69, 9.17) is 0 Å². The Hall–Kier alpha value is -1.69. The Balaban J connectivity index is 2.22. The van der Waals surface area contributed by atoms with Crippen molar-refractivity contribution in [3.63, 3.8) is 0 Å².